The van der Waals surface area contributed by atoms with Gasteiger partial charge in [-0.25, -0.2) is 9.97 Å². The van der Waals surface area contributed by atoms with Gasteiger partial charge >= 0.3 is 0 Å². The molecular weight excluding hydrogens is 250 g/mol. The number of benzene rings is 1. The summed E-state index contributed by atoms with van der Waals surface area (Å²) in [7, 11) is 1.67. The van der Waals surface area contributed by atoms with Gasteiger partial charge in [0.25, 0.3) is 0 Å². The molecule has 0 aliphatic rings. The molecular formula is C16H21N3O. The van der Waals surface area contributed by atoms with E-state index < -0.39 is 0 Å². The van der Waals surface area contributed by atoms with Gasteiger partial charge in [0.1, 0.15) is 5.82 Å². The van der Waals surface area contributed by atoms with Crippen molar-refractivity contribution in [3.63, 3.8) is 0 Å². The lowest BCUT2D eigenvalue weighted by Gasteiger charge is -2.12. The molecule has 2 rings (SSSR count). The Kier molecular flexibility index (Phi) is 4.69. The Morgan fingerprint density at radius 3 is 2.45 bits per heavy atom. The van der Waals surface area contributed by atoms with Gasteiger partial charge in [0, 0.05) is 25.3 Å². The summed E-state index contributed by atoms with van der Waals surface area (Å²) >= 11 is 0. The minimum absolute atomic E-state index is 0.485. The van der Waals surface area contributed by atoms with Crippen LogP contribution in [0.15, 0.2) is 24.3 Å². The number of aryl methyl sites for hydroxylation is 2. The van der Waals surface area contributed by atoms with Crippen molar-refractivity contribution in [3.8, 4) is 11.4 Å². The van der Waals surface area contributed by atoms with Gasteiger partial charge in [0.15, 0.2) is 5.82 Å². The number of aromatic nitrogens is 2. The van der Waals surface area contributed by atoms with Crippen LogP contribution in [0.2, 0.25) is 0 Å². The van der Waals surface area contributed by atoms with Crippen LogP contribution in [0.5, 0.6) is 0 Å². The quantitative estimate of drug-likeness (QED) is 0.906. The fourth-order valence-corrected chi connectivity index (χ4v) is 2.27. The number of methoxy groups -OCH3 is 1. The minimum atomic E-state index is 0.485. The molecule has 2 aromatic rings. The Balaban J connectivity index is 2.54. The molecule has 20 heavy (non-hydrogen) atoms. The summed E-state index contributed by atoms with van der Waals surface area (Å²) in [6.45, 7) is 7.54. The zero-order chi connectivity index (χ0) is 14.5. The first-order valence-electron chi connectivity index (χ1n) is 6.83. The zero-order valence-electron chi connectivity index (χ0n) is 12.5. The van der Waals surface area contributed by atoms with Crippen LogP contribution >= 0.6 is 0 Å². The Hall–Kier alpha value is -1.94. The molecule has 0 aliphatic heterocycles. The molecule has 0 spiro atoms. The van der Waals surface area contributed by atoms with Crippen molar-refractivity contribution in [2.24, 2.45) is 0 Å². The summed E-state index contributed by atoms with van der Waals surface area (Å²) in [4.78, 5) is 9.24. The predicted molar refractivity (Wildman–Crippen MR) is 81.8 cm³/mol. The smallest absolute Gasteiger partial charge is 0.162 e. The fraction of sp³-hybridized carbons (Fsp3) is 0.375. The van der Waals surface area contributed by atoms with Gasteiger partial charge in [-0.05, 0) is 31.9 Å². The Bertz CT molecular complexity index is 552. The molecule has 0 aliphatic carbocycles. The summed E-state index contributed by atoms with van der Waals surface area (Å²) < 4.78 is 5.19. The Labute approximate surface area is 120 Å². The first-order valence-corrected chi connectivity index (χ1v) is 6.83. The lowest BCUT2D eigenvalue weighted by atomic mass is 10.0. The lowest BCUT2D eigenvalue weighted by molar-refractivity contribution is 0.181. The van der Waals surface area contributed by atoms with E-state index in [-0.39, 0.29) is 0 Å². The fourth-order valence-electron chi connectivity index (χ4n) is 2.27. The van der Waals surface area contributed by atoms with Crippen LogP contribution in [0, 0.1) is 13.8 Å². The van der Waals surface area contributed by atoms with E-state index in [0.717, 1.165) is 29.4 Å². The van der Waals surface area contributed by atoms with Crippen LogP contribution < -0.4 is 5.32 Å². The number of ether oxygens (including phenoxy) is 1. The van der Waals surface area contributed by atoms with E-state index in [1.165, 1.54) is 11.1 Å². The standard InChI is InChI=1S/C16H21N3O/c1-5-17-14-9-13(10-20-4)18-16(19-14)15-11(2)7-6-8-12(15)3/h6-9H,5,10H2,1-4H3,(H,17,18,19). The van der Waals surface area contributed by atoms with E-state index in [1.54, 1.807) is 7.11 Å². The van der Waals surface area contributed by atoms with Crippen molar-refractivity contribution in [3.05, 3.63) is 41.1 Å². The van der Waals surface area contributed by atoms with Gasteiger partial charge in [0.2, 0.25) is 0 Å². The maximum atomic E-state index is 5.19. The highest BCUT2D eigenvalue weighted by Gasteiger charge is 2.11. The molecule has 0 amide bonds. The van der Waals surface area contributed by atoms with E-state index in [4.69, 9.17) is 4.74 Å². The van der Waals surface area contributed by atoms with Crippen LogP contribution in [0.1, 0.15) is 23.7 Å². The zero-order valence-corrected chi connectivity index (χ0v) is 12.5. The summed E-state index contributed by atoms with van der Waals surface area (Å²) in [6, 6.07) is 8.16. The third kappa shape index (κ3) is 3.14. The number of hydrogen-bond donors (Lipinski definition) is 1. The number of hydrogen-bond acceptors (Lipinski definition) is 4. The van der Waals surface area contributed by atoms with Crippen LogP contribution in [0.3, 0.4) is 0 Å². The number of nitrogens with zero attached hydrogens (tertiary/aromatic N) is 2. The average molecular weight is 271 g/mol. The summed E-state index contributed by atoms with van der Waals surface area (Å²) in [5.41, 5.74) is 4.35. The summed E-state index contributed by atoms with van der Waals surface area (Å²) in [5.74, 6) is 1.60. The molecule has 4 heteroatoms. The third-order valence-corrected chi connectivity index (χ3v) is 3.13. The van der Waals surface area contributed by atoms with Gasteiger partial charge in [-0.2, -0.15) is 0 Å². The largest absolute Gasteiger partial charge is 0.378 e. The lowest BCUT2D eigenvalue weighted by Crippen LogP contribution is -2.05. The monoisotopic (exact) mass is 271 g/mol. The van der Waals surface area contributed by atoms with E-state index >= 15 is 0 Å². The van der Waals surface area contributed by atoms with Crippen LogP contribution in [-0.4, -0.2) is 23.6 Å². The average Bonchev–Trinajstić information content (AvgIpc) is 2.39. The normalized spacial score (nSPS) is 10.6. The van der Waals surface area contributed by atoms with Gasteiger partial charge in [-0.3, -0.25) is 0 Å². The second kappa shape index (κ2) is 6.48. The van der Waals surface area contributed by atoms with Crippen molar-refractivity contribution < 1.29 is 4.74 Å². The highest BCUT2D eigenvalue weighted by atomic mass is 16.5. The van der Waals surface area contributed by atoms with Gasteiger partial charge < -0.3 is 10.1 Å². The molecule has 1 heterocycles. The van der Waals surface area contributed by atoms with Crippen molar-refractivity contribution in [1.29, 1.82) is 0 Å². The van der Waals surface area contributed by atoms with Crippen molar-refractivity contribution in [1.82, 2.24) is 9.97 Å². The second-order valence-corrected chi connectivity index (χ2v) is 4.80. The van der Waals surface area contributed by atoms with Crippen LogP contribution in [0.4, 0.5) is 5.82 Å². The minimum Gasteiger partial charge on any atom is -0.378 e. The van der Waals surface area contributed by atoms with E-state index in [1.807, 2.05) is 6.07 Å². The van der Waals surface area contributed by atoms with Crippen molar-refractivity contribution in [2.45, 2.75) is 27.4 Å². The molecule has 4 nitrogen and oxygen atoms in total. The molecule has 0 unspecified atom stereocenters. The molecule has 1 aromatic heterocycles. The van der Waals surface area contributed by atoms with Gasteiger partial charge in [0.05, 0.1) is 12.3 Å². The SMILES string of the molecule is CCNc1cc(COC)nc(-c2c(C)cccc2C)n1. The Morgan fingerprint density at radius 2 is 1.85 bits per heavy atom. The maximum Gasteiger partial charge on any atom is 0.162 e. The van der Waals surface area contributed by atoms with Crippen LogP contribution in [-0.2, 0) is 11.3 Å². The number of nitrogens with one attached hydrogen (secondary N) is 1. The van der Waals surface area contributed by atoms with Gasteiger partial charge in [-0.15, -0.1) is 0 Å². The second-order valence-electron chi connectivity index (χ2n) is 4.80. The first-order chi connectivity index (χ1) is 9.65. The molecule has 0 saturated heterocycles. The summed E-state index contributed by atoms with van der Waals surface area (Å²) in [5, 5.41) is 3.25. The molecule has 1 aromatic carbocycles. The number of anilines is 1. The Morgan fingerprint density at radius 1 is 1.15 bits per heavy atom. The molecule has 106 valence electrons. The molecule has 0 radical (unpaired) electrons. The van der Waals surface area contributed by atoms with E-state index in [9.17, 15) is 0 Å². The molecule has 1 N–H and O–H groups in total. The highest BCUT2D eigenvalue weighted by Crippen LogP contribution is 2.25. The first kappa shape index (κ1) is 14.5. The van der Waals surface area contributed by atoms with Crippen molar-refractivity contribution in [2.75, 3.05) is 19.0 Å². The van der Waals surface area contributed by atoms with Crippen molar-refractivity contribution >= 4 is 5.82 Å². The topological polar surface area (TPSA) is 47.0 Å². The van der Waals surface area contributed by atoms with Crippen LogP contribution in [0.25, 0.3) is 11.4 Å². The molecule has 0 bridgehead atoms. The highest BCUT2D eigenvalue weighted by molar-refractivity contribution is 5.65. The predicted octanol–water partition coefficient (Wildman–Crippen LogP) is 3.34. The molecule has 0 atom stereocenters. The third-order valence-electron chi connectivity index (χ3n) is 3.13. The maximum absolute atomic E-state index is 5.19. The van der Waals surface area contributed by atoms with Gasteiger partial charge in [-0.1, -0.05) is 18.2 Å². The molecule has 0 saturated carbocycles. The van der Waals surface area contributed by atoms with E-state index in [2.05, 4.69) is 54.3 Å². The number of rotatable bonds is 5. The molecule has 0 fully saturated rings. The van der Waals surface area contributed by atoms with E-state index in [0.29, 0.717) is 6.61 Å². The summed E-state index contributed by atoms with van der Waals surface area (Å²) in [6.07, 6.45) is 0.